The minimum absolute atomic E-state index is 0.166. The first-order valence-corrected chi connectivity index (χ1v) is 7.86. The molecule has 0 bridgehead atoms. The molecule has 5 atom stereocenters. The number of hydrogen-bond acceptors (Lipinski definition) is 4. The van der Waals surface area contributed by atoms with Gasteiger partial charge in [-0.05, 0) is 40.7 Å². The van der Waals surface area contributed by atoms with E-state index in [0.29, 0.717) is 17.9 Å². The molecule has 1 saturated heterocycles. The number of nitrogens with one attached hydrogen (secondary N) is 1. The highest BCUT2D eigenvalue weighted by Crippen LogP contribution is 2.43. The van der Waals surface area contributed by atoms with Gasteiger partial charge in [-0.3, -0.25) is 4.68 Å². The van der Waals surface area contributed by atoms with E-state index in [1.54, 1.807) is 7.11 Å². The molecular weight excluding hydrogens is 266 g/mol. The van der Waals surface area contributed by atoms with Crippen LogP contribution in [0.4, 0.5) is 0 Å². The number of ether oxygens (including phenoxy) is 2. The number of nitrogens with zero attached hydrogens (tertiary/aromatic N) is 2. The van der Waals surface area contributed by atoms with Crippen molar-refractivity contribution < 1.29 is 9.47 Å². The van der Waals surface area contributed by atoms with Crippen LogP contribution < -0.4 is 10.1 Å². The SMILES string of the molecule is CNC(c1c(OC)cnn1C(C)C)C1C(C)OC(C)C1C. The van der Waals surface area contributed by atoms with Crippen LogP contribution in [-0.2, 0) is 4.74 Å². The summed E-state index contributed by atoms with van der Waals surface area (Å²) in [7, 11) is 3.71. The van der Waals surface area contributed by atoms with Crippen LogP contribution in [0, 0.1) is 11.8 Å². The predicted octanol–water partition coefficient (Wildman–Crippen LogP) is 2.79. The fourth-order valence-corrected chi connectivity index (χ4v) is 3.60. The standard InChI is InChI=1S/C16H29N3O2/c1-9(2)19-16(13(20-7)8-18-19)15(17-6)14-10(3)11(4)21-12(14)5/h8-12,14-15,17H,1-7H3. The molecule has 1 aliphatic heterocycles. The van der Waals surface area contributed by atoms with Crippen molar-refractivity contribution in [1.29, 1.82) is 0 Å². The molecule has 5 unspecified atom stereocenters. The van der Waals surface area contributed by atoms with Gasteiger partial charge in [0.15, 0.2) is 5.75 Å². The summed E-state index contributed by atoms with van der Waals surface area (Å²) in [4.78, 5) is 0. The average molecular weight is 295 g/mol. The van der Waals surface area contributed by atoms with E-state index >= 15 is 0 Å². The van der Waals surface area contributed by atoms with Crippen LogP contribution in [0.25, 0.3) is 0 Å². The van der Waals surface area contributed by atoms with E-state index in [-0.39, 0.29) is 18.2 Å². The van der Waals surface area contributed by atoms with Gasteiger partial charge in [0.05, 0.1) is 37.3 Å². The van der Waals surface area contributed by atoms with Crippen molar-refractivity contribution in [3.63, 3.8) is 0 Å². The lowest BCUT2D eigenvalue weighted by Crippen LogP contribution is -2.35. The Morgan fingerprint density at radius 3 is 2.38 bits per heavy atom. The topological polar surface area (TPSA) is 48.3 Å². The van der Waals surface area contributed by atoms with Gasteiger partial charge in [-0.15, -0.1) is 0 Å². The van der Waals surface area contributed by atoms with Crippen molar-refractivity contribution >= 4 is 0 Å². The highest BCUT2D eigenvalue weighted by Gasteiger charge is 2.43. The van der Waals surface area contributed by atoms with Crippen LogP contribution in [-0.4, -0.2) is 36.1 Å². The minimum atomic E-state index is 0.166. The molecule has 21 heavy (non-hydrogen) atoms. The molecular formula is C16H29N3O2. The largest absolute Gasteiger partial charge is 0.493 e. The van der Waals surface area contributed by atoms with E-state index in [9.17, 15) is 0 Å². The van der Waals surface area contributed by atoms with Crippen molar-refractivity contribution in [3.05, 3.63) is 11.9 Å². The zero-order valence-corrected chi connectivity index (χ0v) is 14.3. The summed E-state index contributed by atoms with van der Waals surface area (Å²) in [6.45, 7) is 10.9. The Kier molecular flexibility index (Phi) is 4.94. The highest BCUT2D eigenvalue weighted by molar-refractivity contribution is 5.30. The Morgan fingerprint density at radius 1 is 1.29 bits per heavy atom. The van der Waals surface area contributed by atoms with Gasteiger partial charge in [-0.25, -0.2) is 0 Å². The first kappa shape index (κ1) is 16.3. The molecule has 0 aromatic carbocycles. The van der Waals surface area contributed by atoms with Crippen molar-refractivity contribution in [2.45, 2.75) is 58.9 Å². The maximum absolute atomic E-state index is 6.03. The van der Waals surface area contributed by atoms with Gasteiger partial charge >= 0.3 is 0 Å². The quantitative estimate of drug-likeness (QED) is 0.907. The van der Waals surface area contributed by atoms with Crippen LogP contribution in [0.3, 0.4) is 0 Å². The third kappa shape index (κ3) is 2.81. The second-order valence-corrected chi connectivity index (χ2v) is 6.39. The van der Waals surface area contributed by atoms with Gasteiger partial charge in [0.1, 0.15) is 0 Å². The second kappa shape index (κ2) is 6.36. The van der Waals surface area contributed by atoms with Crippen molar-refractivity contribution in [2.75, 3.05) is 14.2 Å². The Labute approximate surface area is 128 Å². The highest BCUT2D eigenvalue weighted by atomic mass is 16.5. The molecule has 2 rings (SSSR count). The molecule has 0 amide bonds. The molecule has 5 heteroatoms. The maximum atomic E-state index is 6.03. The summed E-state index contributed by atoms with van der Waals surface area (Å²) in [5.41, 5.74) is 1.12. The van der Waals surface area contributed by atoms with Crippen molar-refractivity contribution in [2.24, 2.45) is 11.8 Å². The molecule has 0 saturated carbocycles. The summed E-state index contributed by atoms with van der Waals surface area (Å²) in [6.07, 6.45) is 2.31. The minimum Gasteiger partial charge on any atom is -0.493 e. The van der Waals surface area contributed by atoms with E-state index in [1.807, 2.05) is 13.2 Å². The van der Waals surface area contributed by atoms with Crippen LogP contribution in [0.5, 0.6) is 5.75 Å². The molecule has 0 radical (unpaired) electrons. The molecule has 0 spiro atoms. The Hall–Kier alpha value is -1.07. The predicted molar refractivity (Wildman–Crippen MR) is 83.6 cm³/mol. The molecule has 2 heterocycles. The van der Waals surface area contributed by atoms with Crippen LogP contribution in [0.15, 0.2) is 6.20 Å². The van der Waals surface area contributed by atoms with Crippen molar-refractivity contribution in [1.82, 2.24) is 15.1 Å². The smallest absolute Gasteiger partial charge is 0.161 e. The van der Waals surface area contributed by atoms with Crippen molar-refractivity contribution in [3.8, 4) is 5.75 Å². The lowest BCUT2D eigenvalue weighted by Gasteiger charge is -2.30. The van der Waals surface area contributed by atoms with E-state index < -0.39 is 0 Å². The molecule has 0 aliphatic carbocycles. The zero-order chi connectivity index (χ0) is 15.7. The normalized spacial score (nSPS) is 30.9. The third-order valence-corrected chi connectivity index (χ3v) is 4.82. The molecule has 1 aliphatic rings. The second-order valence-electron chi connectivity index (χ2n) is 6.39. The Morgan fingerprint density at radius 2 is 1.95 bits per heavy atom. The van der Waals surface area contributed by atoms with Gasteiger partial charge in [0.25, 0.3) is 0 Å². The first-order valence-electron chi connectivity index (χ1n) is 7.86. The fraction of sp³-hybridized carbons (Fsp3) is 0.812. The number of methoxy groups -OCH3 is 1. The van der Waals surface area contributed by atoms with Gasteiger partial charge in [-0.2, -0.15) is 5.10 Å². The van der Waals surface area contributed by atoms with E-state index in [2.05, 4.69) is 49.7 Å². The van der Waals surface area contributed by atoms with Gasteiger partial charge in [0, 0.05) is 12.0 Å². The molecule has 1 aromatic rings. The monoisotopic (exact) mass is 295 g/mol. The fourth-order valence-electron chi connectivity index (χ4n) is 3.60. The average Bonchev–Trinajstić information content (AvgIpc) is 2.96. The summed E-state index contributed by atoms with van der Waals surface area (Å²) >= 11 is 0. The molecule has 120 valence electrons. The number of hydrogen-bond donors (Lipinski definition) is 1. The summed E-state index contributed by atoms with van der Waals surface area (Å²) in [5.74, 6) is 1.73. The van der Waals surface area contributed by atoms with Crippen LogP contribution in [0.1, 0.15) is 52.4 Å². The van der Waals surface area contributed by atoms with Gasteiger partial charge < -0.3 is 14.8 Å². The van der Waals surface area contributed by atoms with E-state index in [0.717, 1.165) is 11.4 Å². The maximum Gasteiger partial charge on any atom is 0.161 e. The van der Waals surface area contributed by atoms with Gasteiger partial charge in [-0.1, -0.05) is 6.92 Å². The number of rotatable bonds is 5. The van der Waals surface area contributed by atoms with E-state index in [1.165, 1.54) is 0 Å². The summed E-state index contributed by atoms with van der Waals surface area (Å²) < 4.78 is 13.6. The lowest BCUT2D eigenvalue weighted by atomic mass is 9.82. The Balaban J connectivity index is 2.44. The molecule has 1 N–H and O–H groups in total. The number of aromatic nitrogens is 2. The van der Waals surface area contributed by atoms with E-state index in [4.69, 9.17) is 9.47 Å². The van der Waals surface area contributed by atoms with Gasteiger partial charge in [0.2, 0.25) is 0 Å². The zero-order valence-electron chi connectivity index (χ0n) is 14.3. The molecule has 5 nitrogen and oxygen atoms in total. The lowest BCUT2D eigenvalue weighted by molar-refractivity contribution is 0.0473. The summed E-state index contributed by atoms with van der Waals surface area (Å²) in [5, 5.41) is 7.98. The molecule has 1 aromatic heterocycles. The van der Waals surface area contributed by atoms with Crippen LogP contribution in [0.2, 0.25) is 0 Å². The molecule has 1 fully saturated rings. The third-order valence-electron chi connectivity index (χ3n) is 4.82. The van der Waals surface area contributed by atoms with Crippen LogP contribution >= 0.6 is 0 Å². The first-order chi connectivity index (χ1) is 9.92. The Bertz CT molecular complexity index is 472. The summed E-state index contributed by atoms with van der Waals surface area (Å²) in [6, 6.07) is 0.463.